The number of carbonyl (C=O) groups is 1. The number of nitrogens with one attached hydrogen (secondary N) is 2. The summed E-state index contributed by atoms with van der Waals surface area (Å²) in [6.07, 6.45) is 1.50. The molecule has 0 fully saturated rings. The van der Waals surface area contributed by atoms with Crippen molar-refractivity contribution in [3.63, 3.8) is 0 Å². The first-order valence-corrected chi connectivity index (χ1v) is 8.54. The molecule has 0 saturated carbocycles. The maximum absolute atomic E-state index is 12.5. The minimum atomic E-state index is -0.273. The van der Waals surface area contributed by atoms with Gasteiger partial charge >= 0.3 is 0 Å². The smallest absolute Gasteiger partial charge is 0.257 e. The zero-order chi connectivity index (χ0) is 19.9. The van der Waals surface area contributed by atoms with Crippen LogP contribution in [0.3, 0.4) is 0 Å². The number of rotatable bonds is 7. The third-order valence-corrected chi connectivity index (χ3v) is 4.05. The highest BCUT2D eigenvalue weighted by Crippen LogP contribution is 2.31. The van der Waals surface area contributed by atoms with Crippen LogP contribution in [0.1, 0.15) is 10.4 Å². The molecule has 0 aliphatic carbocycles. The third-order valence-electron chi connectivity index (χ3n) is 4.05. The van der Waals surface area contributed by atoms with Crippen molar-refractivity contribution < 1.29 is 19.0 Å². The van der Waals surface area contributed by atoms with E-state index in [-0.39, 0.29) is 5.91 Å². The number of methoxy groups -OCH3 is 3. The van der Waals surface area contributed by atoms with Crippen molar-refractivity contribution in [1.82, 2.24) is 4.98 Å². The number of carbonyl (C=O) groups excluding carboxylic acids is 1. The van der Waals surface area contributed by atoms with Gasteiger partial charge in [-0.15, -0.1) is 0 Å². The number of para-hydroxylation sites is 2. The topological polar surface area (TPSA) is 81.7 Å². The molecule has 0 radical (unpaired) electrons. The van der Waals surface area contributed by atoms with Gasteiger partial charge < -0.3 is 24.8 Å². The predicted octanol–water partition coefficient (Wildman–Crippen LogP) is 4.10. The number of hydrogen-bond donors (Lipinski definition) is 2. The Morgan fingerprint density at radius 2 is 1.64 bits per heavy atom. The monoisotopic (exact) mass is 379 g/mol. The van der Waals surface area contributed by atoms with E-state index in [1.165, 1.54) is 6.20 Å². The number of anilines is 3. The highest BCUT2D eigenvalue weighted by atomic mass is 16.5. The summed E-state index contributed by atoms with van der Waals surface area (Å²) in [5.41, 5.74) is 1.76. The van der Waals surface area contributed by atoms with E-state index in [4.69, 9.17) is 14.2 Å². The summed E-state index contributed by atoms with van der Waals surface area (Å²) in [5.74, 6) is 2.22. The van der Waals surface area contributed by atoms with Gasteiger partial charge in [0.25, 0.3) is 5.91 Å². The zero-order valence-electron chi connectivity index (χ0n) is 15.9. The van der Waals surface area contributed by atoms with Crippen LogP contribution in [0.4, 0.5) is 17.2 Å². The Balaban J connectivity index is 1.72. The summed E-state index contributed by atoms with van der Waals surface area (Å²) in [4.78, 5) is 16.8. The van der Waals surface area contributed by atoms with Crippen LogP contribution in [-0.4, -0.2) is 32.2 Å². The van der Waals surface area contributed by atoms with E-state index < -0.39 is 0 Å². The molecule has 0 aliphatic heterocycles. The van der Waals surface area contributed by atoms with E-state index in [0.717, 1.165) is 5.69 Å². The van der Waals surface area contributed by atoms with Crippen LogP contribution in [0.15, 0.2) is 60.8 Å². The fraction of sp³-hybridized carbons (Fsp3) is 0.143. The molecule has 144 valence electrons. The lowest BCUT2D eigenvalue weighted by Gasteiger charge is -2.12. The van der Waals surface area contributed by atoms with Gasteiger partial charge in [-0.1, -0.05) is 12.1 Å². The lowest BCUT2D eigenvalue weighted by Crippen LogP contribution is -2.13. The fourth-order valence-corrected chi connectivity index (χ4v) is 2.58. The van der Waals surface area contributed by atoms with E-state index in [0.29, 0.717) is 34.3 Å². The Bertz CT molecular complexity index is 958. The molecule has 7 heteroatoms. The van der Waals surface area contributed by atoms with Gasteiger partial charge in [-0.2, -0.15) is 0 Å². The normalized spacial score (nSPS) is 10.1. The Morgan fingerprint density at radius 1 is 0.857 bits per heavy atom. The molecule has 1 heterocycles. The fourth-order valence-electron chi connectivity index (χ4n) is 2.58. The van der Waals surface area contributed by atoms with Crippen molar-refractivity contribution in [2.24, 2.45) is 0 Å². The first-order valence-electron chi connectivity index (χ1n) is 8.54. The summed E-state index contributed by atoms with van der Waals surface area (Å²) in [5, 5.41) is 5.99. The molecule has 1 aromatic heterocycles. The van der Waals surface area contributed by atoms with Crippen molar-refractivity contribution in [3.05, 3.63) is 66.4 Å². The van der Waals surface area contributed by atoms with Gasteiger partial charge in [0.1, 0.15) is 23.1 Å². The molecule has 0 spiro atoms. The van der Waals surface area contributed by atoms with Crippen LogP contribution in [-0.2, 0) is 0 Å². The molecule has 3 rings (SSSR count). The van der Waals surface area contributed by atoms with Gasteiger partial charge in [-0.3, -0.25) is 4.79 Å². The van der Waals surface area contributed by atoms with Gasteiger partial charge in [-0.05, 0) is 36.4 Å². The van der Waals surface area contributed by atoms with Crippen LogP contribution in [0.5, 0.6) is 17.2 Å². The largest absolute Gasteiger partial charge is 0.497 e. The average molecular weight is 379 g/mol. The van der Waals surface area contributed by atoms with Gasteiger partial charge in [0, 0.05) is 12.3 Å². The van der Waals surface area contributed by atoms with Crippen molar-refractivity contribution in [1.29, 1.82) is 0 Å². The average Bonchev–Trinajstić information content (AvgIpc) is 2.74. The quantitative estimate of drug-likeness (QED) is 0.643. The molecule has 0 bridgehead atoms. The molecule has 28 heavy (non-hydrogen) atoms. The predicted molar refractivity (Wildman–Crippen MR) is 108 cm³/mol. The van der Waals surface area contributed by atoms with E-state index in [1.54, 1.807) is 51.7 Å². The van der Waals surface area contributed by atoms with Crippen LogP contribution in [0, 0.1) is 0 Å². The van der Waals surface area contributed by atoms with Crippen LogP contribution in [0.25, 0.3) is 0 Å². The Labute approximate surface area is 163 Å². The van der Waals surface area contributed by atoms with E-state index in [9.17, 15) is 4.79 Å². The van der Waals surface area contributed by atoms with Gasteiger partial charge in [-0.25, -0.2) is 4.98 Å². The van der Waals surface area contributed by atoms with Crippen LogP contribution in [0.2, 0.25) is 0 Å². The second-order valence-corrected chi connectivity index (χ2v) is 5.78. The van der Waals surface area contributed by atoms with Crippen molar-refractivity contribution >= 4 is 23.1 Å². The Hall–Kier alpha value is -3.74. The second-order valence-electron chi connectivity index (χ2n) is 5.78. The van der Waals surface area contributed by atoms with E-state index in [2.05, 4.69) is 15.6 Å². The van der Waals surface area contributed by atoms with E-state index in [1.807, 2.05) is 24.3 Å². The number of amides is 1. The highest BCUT2D eigenvalue weighted by Gasteiger charge is 2.11. The maximum atomic E-state index is 12.5. The maximum Gasteiger partial charge on any atom is 0.257 e. The van der Waals surface area contributed by atoms with Gasteiger partial charge in [0.05, 0.1) is 38.3 Å². The SMILES string of the molecule is COc1ccc(Nc2ccc(C(=O)Nc3ccccc3OC)cn2)c(OC)c1. The molecule has 7 nitrogen and oxygen atoms in total. The molecular weight excluding hydrogens is 358 g/mol. The third kappa shape index (κ3) is 4.32. The molecule has 0 aliphatic rings. The number of pyridine rings is 1. The summed E-state index contributed by atoms with van der Waals surface area (Å²) in [7, 11) is 4.73. The van der Waals surface area contributed by atoms with Crippen molar-refractivity contribution in [2.45, 2.75) is 0 Å². The first kappa shape index (κ1) is 19.0. The summed E-state index contributed by atoms with van der Waals surface area (Å²) in [6.45, 7) is 0. The zero-order valence-corrected chi connectivity index (χ0v) is 15.9. The lowest BCUT2D eigenvalue weighted by atomic mass is 10.2. The molecule has 0 saturated heterocycles. The Morgan fingerprint density at radius 3 is 2.32 bits per heavy atom. The summed E-state index contributed by atoms with van der Waals surface area (Å²) < 4.78 is 15.8. The van der Waals surface area contributed by atoms with Gasteiger partial charge in [0.2, 0.25) is 0 Å². The molecular formula is C21H21N3O4. The second kappa shape index (κ2) is 8.77. The summed E-state index contributed by atoms with van der Waals surface area (Å²) in [6, 6.07) is 16.1. The Kier molecular flexibility index (Phi) is 5.96. The van der Waals surface area contributed by atoms with Crippen molar-refractivity contribution in [3.8, 4) is 17.2 Å². The molecule has 0 unspecified atom stereocenters. The molecule has 0 atom stereocenters. The lowest BCUT2D eigenvalue weighted by molar-refractivity contribution is 0.102. The summed E-state index contributed by atoms with van der Waals surface area (Å²) >= 11 is 0. The van der Waals surface area contributed by atoms with Gasteiger partial charge in [0.15, 0.2) is 0 Å². The number of nitrogens with zero attached hydrogens (tertiary/aromatic N) is 1. The first-order chi connectivity index (χ1) is 13.6. The number of hydrogen-bond acceptors (Lipinski definition) is 6. The molecule has 2 N–H and O–H groups in total. The van der Waals surface area contributed by atoms with Crippen LogP contribution >= 0.6 is 0 Å². The standard InChI is InChI=1S/C21H21N3O4/c1-26-15-9-10-17(19(12-15)28-3)23-20-11-8-14(13-22-20)21(25)24-16-6-4-5-7-18(16)27-2/h4-13H,1-3H3,(H,22,23)(H,24,25). The minimum Gasteiger partial charge on any atom is -0.497 e. The number of benzene rings is 2. The van der Waals surface area contributed by atoms with Crippen LogP contribution < -0.4 is 24.8 Å². The molecule has 2 aromatic carbocycles. The molecule has 3 aromatic rings. The highest BCUT2D eigenvalue weighted by molar-refractivity contribution is 6.04. The number of aromatic nitrogens is 1. The molecule has 1 amide bonds. The van der Waals surface area contributed by atoms with Crippen molar-refractivity contribution in [2.75, 3.05) is 32.0 Å². The van der Waals surface area contributed by atoms with E-state index >= 15 is 0 Å². The number of ether oxygens (including phenoxy) is 3. The minimum absolute atomic E-state index is 0.273.